The van der Waals surface area contributed by atoms with Crippen molar-refractivity contribution in [1.29, 1.82) is 0 Å². The number of hydrogen-bond acceptors (Lipinski definition) is 4. The maximum absolute atomic E-state index is 11.7. The van der Waals surface area contributed by atoms with E-state index >= 15 is 0 Å². The predicted octanol–water partition coefficient (Wildman–Crippen LogP) is 1.55. The third-order valence-electron chi connectivity index (χ3n) is 2.82. The van der Waals surface area contributed by atoms with Crippen molar-refractivity contribution in [2.24, 2.45) is 0 Å². The van der Waals surface area contributed by atoms with Crippen LogP contribution >= 0.6 is 0 Å². The van der Waals surface area contributed by atoms with Gasteiger partial charge in [-0.05, 0) is 19.1 Å². The maximum Gasteiger partial charge on any atom is 0.362 e. The topological polar surface area (TPSA) is 71.3 Å². The van der Waals surface area contributed by atoms with E-state index in [1.54, 1.807) is 19.1 Å². The zero-order chi connectivity index (χ0) is 12.0. The van der Waals surface area contributed by atoms with Gasteiger partial charge in [0.05, 0.1) is 5.69 Å². The van der Waals surface area contributed by atoms with Crippen LogP contribution in [0, 0.1) is 0 Å². The van der Waals surface area contributed by atoms with E-state index in [0.29, 0.717) is 11.3 Å². The number of amides is 1. The zero-order valence-electron chi connectivity index (χ0n) is 9.11. The Morgan fingerprint density at radius 1 is 1.18 bits per heavy atom. The molecule has 1 amide bonds. The van der Waals surface area contributed by atoms with Gasteiger partial charge in [-0.1, -0.05) is 12.1 Å². The Morgan fingerprint density at radius 2 is 1.94 bits per heavy atom. The molecule has 0 radical (unpaired) electrons. The van der Waals surface area contributed by atoms with Crippen molar-refractivity contribution in [1.82, 2.24) is 0 Å². The Bertz CT molecular complexity index is 675. The number of carbonyl (C=O) groups is 1. The van der Waals surface area contributed by atoms with Crippen molar-refractivity contribution in [3.05, 3.63) is 34.7 Å². The van der Waals surface area contributed by atoms with Crippen LogP contribution in [0.15, 0.2) is 33.5 Å². The molecule has 0 fully saturated rings. The summed E-state index contributed by atoms with van der Waals surface area (Å²) in [7, 11) is 0. The summed E-state index contributed by atoms with van der Waals surface area (Å²) in [6, 6.07) is 6.84. The first-order valence-electron chi connectivity index (χ1n) is 5.30. The van der Waals surface area contributed by atoms with Gasteiger partial charge in [0.15, 0.2) is 5.69 Å². The fraction of sp³-hybridized carbons (Fsp3) is 0.167. The highest BCUT2D eigenvalue weighted by molar-refractivity contribution is 6.08. The molecule has 3 rings (SSSR count). The number of para-hydroxylation sites is 1. The molecule has 1 aromatic heterocycles. The molecule has 5 nitrogen and oxygen atoms in total. The summed E-state index contributed by atoms with van der Waals surface area (Å²) >= 11 is 0. The van der Waals surface area contributed by atoms with Crippen LogP contribution < -0.4 is 16.3 Å². The van der Waals surface area contributed by atoms with Crippen LogP contribution in [0.2, 0.25) is 0 Å². The van der Waals surface area contributed by atoms with E-state index in [1.165, 1.54) is 0 Å². The lowest BCUT2D eigenvalue weighted by Crippen LogP contribution is -2.38. The Morgan fingerprint density at radius 3 is 2.76 bits per heavy atom. The average Bonchev–Trinajstić information content (AvgIpc) is 2.32. The fourth-order valence-electron chi connectivity index (χ4n) is 1.93. The highest BCUT2D eigenvalue weighted by Gasteiger charge is 2.26. The summed E-state index contributed by atoms with van der Waals surface area (Å²) in [6.45, 7) is 1.74. The first-order chi connectivity index (χ1) is 8.16. The van der Waals surface area contributed by atoms with Gasteiger partial charge in [0.1, 0.15) is 11.6 Å². The molecule has 2 heterocycles. The zero-order valence-corrected chi connectivity index (χ0v) is 9.11. The van der Waals surface area contributed by atoms with Gasteiger partial charge < -0.3 is 15.1 Å². The quantitative estimate of drug-likeness (QED) is 0.673. The molecule has 0 saturated heterocycles. The normalized spacial score (nSPS) is 18.4. The second kappa shape index (κ2) is 3.35. The van der Waals surface area contributed by atoms with E-state index < -0.39 is 5.63 Å². The molecule has 0 aliphatic carbocycles. The Hall–Kier alpha value is -2.30. The van der Waals surface area contributed by atoms with Crippen LogP contribution in [0.5, 0.6) is 0 Å². The largest absolute Gasteiger partial charge is 0.421 e. The number of carbonyl (C=O) groups excluding carboxylic acids is 1. The first kappa shape index (κ1) is 9.89. The van der Waals surface area contributed by atoms with Gasteiger partial charge in [-0.2, -0.15) is 0 Å². The van der Waals surface area contributed by atoms with Crippen LogP contribution in [0.3, 0.4) is 0 Å². The van der Waals surface area contributed by atoms with Crippen molar-refractivity contribution >= 4 is 28.3 Å². The van der Waals surface area contributed by atoms with Gasteiger partial charge in [-0.3, -0.25) is 4.79 Å². The molecule has 1 atom stereocenters. The average molecular weight is 230 g/mol. The smallest absolute Gasteiger partial charge is 0.362 e. The van der Waals surface area contributed by atoms with Crippen molar-refractivity contribution in [3.8, 4) is 0 Å². The third-order valence-corrected chi connectivity index (χ3v) is 2.82. The minimum atomic E-state index is -0.536. The summed E-state index contributed by atoms with van der Waals surface area (Å²) in [5, 5.41) is 6.37. The third kappa shape index (κ3) is 1.39. The maximum atomic E-state index is 11.7. The lowest BCUT2D eigenvalue weighted by molar-refractivity contribution is -0.116. The molecule has 2 N–H and O–H groups in total. The molecule has 1 aromatic carbocycles. The van der Waals surface area contributed by atoms with E-state index in [9.17, 15) is 9.59 Å². The number of rotatable bonds is 0. The van der Waals surface area contributed by atoms with E-state index in [0.717, 1.165) is 5.39 Å². The molecular formula is C12H10N2O3. The number of anilines is 2. The van der Waals surface area contributed by atoms with Crippen LogP contribution in [0.4, 0.5) is 11.4 Å². The Labute approximate surface area is 96.4 Å². The van der Waals surface area contributed by atoms with Gasteiger partial charge in [-0.15, -0.1) is 0 Å². The minimum absolute atomic E-state index is 0.187. The molecule has 17 heavy (non-hydrogen) atoms. The standard InChI is InChI=1S/C12H10N2O3/c1-6-11(15)14-10-9(13-6)7-4-2-3-5-8(7)17-12(10)16/h2-6,13H,1H3,(H,14,15)/t6-/m1/s1. The van der Waals surface area contributed by atoms with Crippen LogP contribution in [0.25, 0.3) is 11.0 Å². The molecule has 1 aliphatic rings. The lowest BCUT2D eigenvalue weighted by atomic mass is 10.1. The first-order valence-corrected chi connectivity index (χ1v) is 5.30. The number of benzene rings is 1. The van der Waals surface area contributed by atoms with E-state index in [4.69, 9.17) is 4.42 Å². The van der Waals surface area contributed by atoms with Gasteiger partial charge in [0.25, 0.3) is 0 Å². The second-order valence-corrected chi connectivity index (χ2v) is 3.99. The van der Waals surface area contributed by atoms with Crippen LogP contribution in [-0.4, -0.2) is 11.9 Å². The molecule has 1 aliphatic heterocycles. The predicted molar refractivity (Wildman–Crippen MR) is 64.2 cm³/mol. The van der Waals surface area contributed by atoms with Gasteiger partial charge >= 0.3 is 5.63 Å². The van der Waals surface area contributed by atoms with Crippen molar-refractivity contribution in [2.45, 2.75) is 13.0 Å². The van der Waals surface area contributed by atoms with Crippen LogP contribution in [0.1, 0.15) is 6.92 Å². The number of hydrogen-bond donors (Lipinski definition) is 2. The monoisotopic (exact) mass is 230 g/mol. The molecule has 0 spiro atoms. The second-order valence-electron chi connectivity index (χ2n) is 3.99. The lowest BCUT2D eigenvalue weighted by Gasteiger charge is -2.23. The molecule has 86 valence electrons. The Balaban J connectivity index is 2.37. The Kier molecular flexibility index (Phi) is 1.95. The highest BCUT2D eigenvalue weighted by atomic mass is 16.4. The molecule has 2 aromatic rings. The minimum Gasteiger partial charge on any atom is -0.421 e. The van der Waals surface area contributed by atoms with Gasteiger partial charge in [0.2, 0.25) is 5.91 Å². The van der Waals surface area contributed by atoms with Crippen molar-refractivity contribution in [3.63, 3.8) is 0 Å². The number of nitrogens with one attached hydrogen (secondary N) is 2. The SMILES string of the molecule is C[C@H]1Nc2c(c(=O)oc3ccccc23)NC1=O. The van der Waals surface area contributed by atoms with Gasteiger partial charge in [-0.25, -0.2) is 4.79 Å². The van der Waals surface area contributed by atoms with Crippen LogP contribution in [-0.2, 0) is 4.79 Å². The molecule has 0 unspecified atom stereocenters. The van der Waals surface area contributed by atoms with Crippen molar-refractivity contribution in [2.75, 3.05) is 10.6 Å². The van der Waals surface area contributed by atoms with E-state index in [1.807, 2.05) is 12.1 Å². The van der Waals surface area contributed by atoms with Crippen molar-refractivity contribution < 1.29 is 9.21 Å². The van der Waals surface area contributed by atoms with E-state index in [-0.39, 0.29) is 17.6 Å². The highest BCUT2D eigenvalue weighted by Crippen LogP contribution is 2.31. The summed E-state index contributed by atoms with van der Waals surface area (Å²) in [6.07, 6.45) is 0. The van der Waals surface area contributed by atoms with E-state index in [2.05, 4.69) is 10.6 Å². The fourth-order valence-corrected chi connectivity index (χ4v) is 1.93. The summed E-state index contributed by atoms with van der Waals surface area (Å²) < 4.78 is 5.13. The summed E-state index contributed by atoms with van der Waals surface area (Å²) in [5.41, 5.74) is 0.786. The molecule has 0 saturated carbocycles. The summed E-state index contributed by atoms with van der Waals surface area (Å²) in [5.74, 6) is -0.236. The molecule has 5 heteroatoms. The summed E-state index contributed by atoms with van der Waals surface area (Å²) in [4.78, 5) is 23.2. The molecular weight excluding hydrogens is 220 g/mol. The van der Waals surface area contributed by atoms with Gasteiger partial charge in [0, 0.05) is 5.39 Å². The molecule has 0 bridgehead atoms. The number of fused-ring (bicyclic) bond motifs is 3.